The van der Waals surface area contributed by atoms with Gasteiger partial charge in [-0.2, -0.15) is 11.3 Å². The van der Waals surface area contributed by atoms with E-state index >= 15 is 0 Å². The predicted molar refractivity (Wildman–Crippen MR) is 87.1 cm³/mol. The number of pyridine rings is 1. The molecule has 1 amide bonds. The molecule has 2 aromatic rings. The van der Waals surface area contributed by atoms with Crippen molar-refractivity contribution in [2.24, 2.45) is 5.92 Å². The zero-order valence-electron chi connectivity index (χ0n) is 12.6. The number of rotatable bonds is 5. The minimum atomic E-state index is -0.833. The van der Waals surface area contributed by atoms with Crippen LogP contribution in [0.2, 0.25) is 0 Å². The second-order valence-electron chi connectivity index (χ2n) is 5.68. The number of nitrogens with zero attached hydrogens (tertiary/aromatic N) is 2. The molecule has 3 heterocycles. The van der Waals surface area contributed by atoms with E-state index in [0.717, 1.165) is 11.1 Å². The number of aromatic nitrogens is 1. The van der Waals surface area contributed by atoms with E-state index in [-0.39, 0.29) is 11.9 Å². The van der Waals surface area contributed by atoms with E-state index in [4.69, 9.17) is 0 Å². The number of carboxylic acid groups (broad SMARTS) is 1. The Morgan fingerprint density at radius 3 is 2.96 bits per heavy atom. The number of amides is 1. The van der Waals surface area contributed by atoms with Gasteiger partial charge in [-0.25, -0.2) is 0 Å². The van der Waals surface area contributed by atoms with Crippen molar-refractivity contribution in [3.05, 3.63) is 52.5 Å². The summed E-state index contributed by atoms with van der Waals surface area (Å²) in [7, 11) is 0. The Balaban J connectivity index is 1.84. The van der Waals surface area contributed by atoms with Crippen LogP contribution in [0, 0.1) is 5.92 Å². The summed E-state index contributed by atoms with van der Waals surface area (Å²) in [6.07, 6.45) is 4.86. The van der Waals surface area contributed by atoms with Crippen LogP contribution in [0.4, 0.5) is 0 Å². The van der Waals surface area contributed by atoms with Gasteiger partial charge in [0.15, 0.2) is 0 Å². The Morgan fingerprint density at radius 2 is 2.30 bits per heavy atom. The summed E-state index contributed by atoms with van der Waals surface area (Å²) in [6, 6.07) is 5.37. The number of piperidine rings is 1. The first kappa shape index (κ1) is 15.7. The molecule has 0 saturated carbocycles. The van der Waals surface area contributed by atoms with Crippen molar-refractivity contribution in [3.63, 3.8) is 0 Å². The van der Waals surface area contributed by atoms with Crippen LogP contribution in [0.5, 0.6) is 0 Å². The lowest BCUT2D eigenvalue weighted by atomic mass is 9.85. The van der Waals surface area contributed by atoms with Gasteiger partial charge in [-0.1, -0.05) is 6.07 Å². The number of carbonyl (C=O) groups excluding carboxylic acids is 1. The summed E-state index contributed by atoms with van der Waals surface area (Å²) in [5, 5.41) is 13.4. The third kappa shape index (κ3) is 3.42. The molecule has 1 N–H and O–H groups in total. The zero-order chi connectivity index (χ0) is 16.2. The lowest BCUT2D eigenvalue weighted by Crippen LogP contribution is -2.46. The maximum atomic E-state index is 12.4. The van der Waals surface area contributed by atoms with E-state index in [2.05, 4.69) is 4.98 Å². The number of hydrogen-bond acceptors (Lipinski definition) is 4. The summed E-state index contributed by atoms with van der Waals surface area (Å²) in [4.78, 5) is 29.9. The fraction of sp³-hybridized carbons (Fsp3) is 0.353. The summed E-state index contributed by atoms with van der Waals surface area (Å²) in [5.41, 5.74) is 1.96. The van der Waals surface area contributed by atoms with Crippen LogP contribution in [-0.4, -0.2) is 33.4 Å². The highest BCUT2D eigenvalue weighted by Crippen LogP contribution is 2.37. The van der Waals surface area contributed by atoms with Gasteiger partial charge in [-0.05, 0) is 46.9 Å². The Morgan fingerprint density at radius 1 is 1.43 bits per heavy atom. The highest BCUT2D eigenvalue weighted by Gasteiger charge is 2.40. The number of likely N-dealkylation sites (tertiary alicyclic amines) is 1. The maximum absolute atomic E-state index is 12.4. The van der Waals surface area contributed by atoms with Crippen molar-refractivity contribution in [2.75, 3.05) is 6.54 Å². The monoisotopic (exact) mass is 330 g/mol. The fourth-order valence-electron chi connectivity index (χ4n) is 3.13. The first-order valence-electron chi connectivity index (χ1n) is 7.60. The van der Waals surface area contributed by atoms with E-state index in [9.17, 15) is 14.7 Å². The van der Waals surface area contributed by atoms with Crippen molar-refractivity contribution in [3.8, 4) is 0 Å². The Bertz CT molecular complexity index is 672. The van der Waals surface area contributed by atoms with E-state index in [1.165, 1.54) is 11.3 Å². The van der Waals surface area contributed by atoms with E-state index in [1.54, 1.807) is 17.3 Å². The first-order chi connectivity index (χ1) is 11.2. The Labute approximate surface area is 138 Å². The van der Waals surface area contributed by atoms with Crippen molar-refractivity contribution in [1.29, 1.82) is 0 Å². The second-order valence-corrected chi connectivity index (χ2v) is 6.46. The number of hydrogen-bond donors (Lipinski definition) is 1. The van der Waals surface area contributed by atoms with Crippen LogP contribution in [-0.2, 0) is 16.0 Å². The normalized spacial score (nSPS) is 21.4. The molecule has 0 spiro atoms. The molecule has 1 fully saturated rings. The number of aliphatic carboxylic acids is 1. The molecule has 0 radical (unpaired) electrons. The molecule has 5 nitrogen and oxygen atoms in total. The Hall–Kier alpha value is -2.21. The van der Waals surface area contributed by atoms with Crippen LogP contribution in [0.25, 0.3) is 0 Å². The van der Waals surface area contributed by atoms with Gasteiger partial charge < -0.3 is 10.0 Å². The molecule has 2 atom stereocenters. The molecule has 3 rings (SSSR count). The fourth-order valence-corrected chi connectivity index (χ4v) is 3.82. The van der Waals surface area contributed by atoms with Gasteiger partial charge in [0, 0.05) is 25.4 Å². The average molecular weight is 330 g/mol. The van der Waals surface area contributed by atoms with Gasteiger partial charge in [0.25, 0.3) is 0 Å². The lowest BCUT2D eigenvalue weighted by Gasteiger charge is -2.39. The smallest absolute Gasteiger partial charge is 0.308 e. The number of carboxylic acids is 1. The molecule has 1 aliphatic rings. The molecular formula is C17H18N2O3S. The molecule has 2 unspecified atom stereocenters. The van der Waals surface area contributed by atoms with Gasteiger partial charge in [0.05, 0.1) is 12.0 Å². The summed E-state index contributed by atoms with van der Waals surface area (Å²) in [6.45, 7) is 0.509. The van der Waals surface area contributed by atoms with Crippen LogP contribution in [0.3, 0.4) is 0 Å². The van der Waals surface area contributed by atoms with Crippen LogP contribution >= 0.6 is 11.3 Å². The van der Waals surface area contributed by atoms with Gasteiger partial charge >= 0.3 is 5.97 Å². The molecule has 2 aromatic heterocycles. The van der Waals surface area contributed by atoms with Gasteiger partial charge in [0.2, 0.25) is 5.91 Å². The second kappa shape index (κ2) is 6.91. The highest BCUT2D eigenvalue weighted by atomic mass is 32.1. The first-order valence-corrected chi connectivity index (χ1v) is 8.54. The predicted octanol–water partition coefficient (Wildman–Crippen LogP) is 2.75. The highest BCUT2D eigenvalue weighted by molar-refractivity contribution is 7.08. The quantitative estimate of drug-likeness (QED) is 0.915. The van der Waals surface area contributed by atoms with Gasteiger partial charge in [0.1, 0.15) is 0 Å². The van der Waals surface area contributed by atoms with E-state index in [0.29, 0.717) is 25.8 Å². The minimum Gasteiger partial charge on any atom is -0.481 e. The Kier molecular flexibility index (Phi) is 4.71. The van der Waals surface area contributed by atoms with Crippen LogP contribution in [0.1, 0.15) is 30.0 Å². The van der Waals surface area contributed by atoms with Crippen LogP contribution < -0.4 is 0 Å². The molecule has 0 bridgehead atoms. The number of carbonyl (C=O) groups is 2. The molecular weight excluding hydrogens is 312 g/mol. The molecule has 0 aliphatic carbocycles. The van der Waals surface area contributed by atoms with Crippen molar-refractivity contribution < 1.29 is 14.7 Å². The molecule has 23 heavy (non-hydrogen) atoms. The minimum absolute atomic E-state index is 0.0302. The van der Waals surface area contributed by atoms with Gasteiger partial charge in [-0.15, -0.1) is 0 Å². The molecule has 0 aromatic carbocycles. The molecule has 1 aliphatic heterocycles. The third-order valence-corrected chi connectivity index (χ3v) is 4.97. The topological polar surface area (TPSA) is 70.5 Å². The standard InChI is InChI=1S/C17H18N2O3S/c20-15-4-3-14(17(21)22)16(13-6-9-23-11-13)19(15)8-5-12-2-1-7-18-10-12/h1-2,6-7,9-11,14,16H,3-5,8H2,(H,21,22). The molecule has 120 valence electrons. The van der Waals surface area contributed by atoms with Crippen molar-refractivity contribution >= 4 is 23.2 Å². The summed E-state index contributed by atoms with van der Waals surface area (Å²) < 4.78 is 0. The number of thiophene rings is 1. The SMILES string of the molecule is O=C(O)C1CCC(=O)N(CCc2cccnc2)C1c1ccsc1. The van der Waals surface area contributed by atoms with Gasteiger partial charge in [-0.3, -0.25) is 14.6 Å². The van der Waals surface area contributed by atoms with E-state index in [1.807, 2.05) is 29.0 Å². The van der Waals surface area contributed by atoms with Crippen molar-refractivity contribution in [1.82, 2.24) is 9.88 Å². The van der Waals surface area contributed by atoms with Crippen LogP contribution in [0.15, 0.2) is 41.4 Å². The maximum Gasteiger partial charge on any atom is 0.308 e. The summed E-state index contributed by atoms with van der Waals surface area (Å²) in [5.74, 6) is -1.35. The van der Waals surface area contributed by atoms with E-state index < -0.39 is 11.9 Å². The van der Waals surface area contributed by atoms with Crippen molar-refractivity contribution in [2.45, 2.75) is 25.3 Å². The average Bonchev–Trinajstić information content (AvgIpc) is 3.08. The lowest BCUT2D eigenvalue weighted by molar-refractivity contribution is -0.152. The summed E-state index contributed by atoms with van der Waals surface area (Å²) >= 11 is 1.52. The zero-order valence-corrected chi connectivity index (χ0v) is 13.4. The molecule has 6 heteroatoms. The largest absolute Gasteiger partial charge is 0.481 e. The molecule has 1 saturated heterocycles. The third-order valence-electron chi connectivity index (χ3n) is 4.27.